The Morgan fingerprint density at radius 3 is 2.61 bits per heavy atom. The molecule has 2 aliphatic heterocycles. The lowest BCUT2D eigenvalue weighted by atomic mass is 9.79. The molecule has 0 aromatic carbocycles. The molecular formula is C16H23N5O2. The molecule has 23 heavy (non-hydrogen) atoms. The number of hydrogen-bond donors (Lipinski definition) is 0. The average molecular weight is 317 g/mol. The number of likely N-dealkylation sites (tertiary alicyclic amines) is 2. The van der Waals surface area contributed by atoms with E-state index in [1.165, 1.54) is 6.20 Å². The molecule has 124 valence electrons. The van der Waals surface area contributed by atoms with Crippen molar-refractivity contribution in [3.05, 3.63) is 24.3 Å². The van der Waals surface area contributed by atoms with Gasteiger partial charge in [-0.25, -0.2) is 9.78 Å². The van der Waals surface area contributed by atoms with Gasteiger partial charge >= 0.3 is 6.03 Å². The molecule has 1 aromatic heterocycles. The van der Waals surface area contributed by atoms with Crippen LogP contribution in [0.3, 0.4) is 0 Å². The number of piperidine rings is 1. The Balaban J connectivity index is 1.69. The first-order chi connectivity index (χ1) is 11.0. The number of rotatable bonds is 1. The van der Waals surface area contributed by atoms with Crippen LogP contribution in [0.15, 0.2) is 18.6 Å². The second-order valence-corrected chi connectivity index (χ2v) is 6.77. The molecule has 0 aliphatic carbocycles. The molecule has 2 aliphatic rings. The quantitative estimate of drug-likeness (QED) is 0.777. The molecule has 3 heterocycles. The van der Waals surface area contributed by atoms with Crippen molar-refractivity contribution < 1.29 is 9.59 Å². The second-order valence-electron chi connectivity index (χ2n) is 6.77. The molecule has 0 radical (unpaired) electrons. The van der Waals surface area contributed by atoms with E-state index < -0.39 is 0 Å². The molecule has 3 rings (SSSR count). The van der Waals surface area contributed by atoms with Crippen molar-refractivity contribution in [1.29, 1.82) is 0 Å². The lowest BCUT2D eigenvalue weighted by Crippen LogP contribution is -2.48. The van der Waals surface area contributed by atoms with Crippen molar-refractivity contribution >= 4 is 11.9 Å². The van der Waals surface area contributed by atoms with E-state index in [1.807, 2.05) is 9.80 Å². The van der Waals surface area contributed by atoms with Crippen molar-refractivity contribution in [2.75, 3.05) is 40.3 Å². The summed E-state index contributed by atoms with van der Waals surface area (Å²) in [6.07, 6.45) is 7.61. The fraction of sp³-hybridized carbons (Fsp3) is 0.625. The molecular weight excluding hydrogens is 294 g/mol. The molecule has 0 bridgehead atoms. The van der Waals surface area contributed by atoms with Crippen LogP contribution < -0.4 is 0 Å². The molecule has 7 heteroatoms. The van der Waals surface area contributed by atoms with Gasteiger partial charge in [-0.3, -0.25) is 9.78 Å². The molecule has 3 amide bonds. The van der Waals surface area contributed by atoms with Crippen LogP contribution in [-0.4, -0.2) is 76.9 Å². The van der Waals surface area contributed by atoms with Crippen LogP contribution in [-0.2, 0) is 0 Å². The first-order valence-electron chi connectivity index (χ1n) is 8.02. The Morgan fingerprint density at radius 2 is 1.91 bits per heavy atom. The zero-order valence-electron chi connectivity index (χ0n) is 13.7. The summed E-state index contributed by atoms with van der Waals surface area (Å²) in [5.41, 5.74) is 0.422. The summed E-state index contributed by atoms with van der Waals surface area (Å²) in [6.45, 7) is 2.94. The normalized spacial score (nSPS) is 24.1. The van der Waals surface area contributed by atoms with Crippen LogP contribution in [0.2, 0.25) is 0 Å². The Kier molecular flexibility index (Phi) is 4.19. The van der Waals surface area contributed by atoms with Crippen molar-refractivity contribution in [1.82, 2.24) is 24.7 Å². The molecule has 0 N–H and O–H groups in total. The summed E-state index contributed by atoms with van der Waals surface area (Å²) < 4.78 is 0. The Bertz CT molecular complexity index is 591. The van der Waals surface area contributed by atoms with Gasteiger partial charge in [-0.2, -0.15) is 0 Å². The van der Waals surface area contributed by atoms with E-state index in [0.29, 0.717) is 12.2 Å². The third-order valence-corrected chi connectivity index (χ3v) is 4.82. The van der Waals surface area contributed by atoms with Gasteiger partial charge in [0, 0.05) is 58.1 Å². The summed E-state index contributed by atoms with van der Waals surface area (Å²) in [5.74, 6) is -0.0606. The van der Waals surface area contributed by atoms with E-state index in [4.69, 9.17) is 0 Å². The van der Waals surface area contributed by atoms with Gasteiger partial charge in [-0.05, 0) is 19.3 Å². The topological polar surface area (TPSA) is 69.6 Å². The molecule has 2 fully saturated rings. The van der Waals surface area contributed by atoms with E-state index in [9.17, 15) is 9.59 Å². The summed E-state index contributed by atoms with van der Waals surface area (Å²) in [7, 11) is 3.55. The number of nitrogens with zero attached hydrogens (tertiary/aromatic N) is 5. The minimum Gasteiger partial charge on any atom is -0.337 e. The minimum absolute atomic E-state index is 0.0296. The van der Waals surface area contributed by atoms with Gasteiger partial charge in [0.05, 0.1) is 6.20 Å². The molecule has 1 aromatic rings. The summed E-state index contributed by atoms with van der Waals surface area (Å²) in [6, 6.07) is 0.0549. The van der Waals surface area contributed by atoms with Crippen molar-refractivity contribution in [3.63, 3.8) is 0 Å². The molecule has 0 saturated carbocycles. The number of carbonyl (C=O) groups is 2. The van der Waals surface area contributed by atoms with Crippen LogP contribution in [0.5, 0.6) is 0 Å². The SMILES string of the molecule is CN(C)C(=O)N1CC[C@@]2(CCCN(C(=O)c3cnccn3)C2)C1. The van der Waals surface area contributed by atoms with Crippen LogP contribution in [0.4, 0.5) is 4.79 Å². The van der Waals surface area contributed by atoms with Crippen LogP contribution >= 0.6 is 0 Å². The smallest absolute Gasteiger partial charge is 0.319 e. The van der Waals surface area contributed by atoms with Crippen molar-refractivity contribution in [3.8, 4) is 0 Å². The van der Waals surface area contributed by atoms with E-state index in [0.717, 1.165) is 38.9 Å². The van der Waals surface area contributed by atoms with Crippen LogP contribution in [0.25, 0.3) is 0 Å². The Hall–Kier alpha value is -2.18. The Morgan fingerprint density at radius 1 is 1.13 bits per heavy atom. The highest BCUT2D eigenvalue weighted by Gasteiger charge is 2.44. The summed E-state index contributed by atoms with van der Waals surface area (Å²) in [4.78, 5) is 38.2. The number of hydrogen-bond acceptors (Lipinski definition) is 4. The van der Waals surface area contributed by atoms with Gasteiger partial charge in [0.15, 0.2) is 0 Å². The number of aromatic nitrogens is 2. The summed E-state index contributed by atoms with van der Waals surface area (Å²) >= 11 is 0. The highest BCUT2D eigenvalue weighted by molar-refractivity contribution is 5.92. The van der Waals surface area contributed by atoms with Gasteiger partial charge in [-0.1, -0.05) is 0 Å². The lowest BCUT2D eigenvalue weighted by molar-refractivity contribution is 0.0528. The van der Waals surface area contributed by atoms with Gasteiger partial charge in [0.2, 0.25) is 0 Å². The molecule has 0 unspecified atom stereocenters. The second kappa shape index (κ2) is 6.14. The van der Waals surface area contributed by atoms with E-state index in [-0.39, 0.29) is 17.4 Å². The van der Waals surface area contributed by atoms with Gasteiger partial charge < -0.3 is 14.7 Å². The monoisotopic (exact) mass is 317 g/mol. The third kappa shape index (κ3) is 3.13. The van der Waals surface area contributed by atoms with Crippen LogP contribution in [0.1, 0.15) is 29.8 Å². The van der Waals surface area contributed by atoms with Gasteiger partial charge in [0.25, 0.3) is 5.91 Å². The molecule has 1 atom stereocenters. The maximum Gasteiger partial charge on any atom is 0.319 e. The first-order valence-corrected chi connectivity index (χ1v) is 8.02. The van der Waals surface area contributed by atoms with E-state index in [2.05, 4.69) is 9.97 Å². The molecule has 2 saturated heterocycles. The fourth-order valence-electron chi connectivity index (χ4n) is 3.67. The average Bonchev–Trinajstić information content (AvgIpc) is 2.97. The number of urea groups is 1. The van der Waals surface area contributed by atoms with Crippen molar-refractivity contribution in [2.24, 2.45) is 5.41 Å². The zero-order chi connectivity index (χ0) is 16.4. The summed E-state index contributed by atoms with van der Waals surface area (Å²) in [5, 5.41) is 0. The van der Waals surface area contributed by atoms with Crippen molar-refractivity contribution in [2.45, 2.75) is 19.3 Å². The minimum atomic E-state index is -0.0606. The van der Waals surface area contributed by atoms with E-state index in [1.54, 1.807) is 31.4 Å². The predicted molar refractivity (Wildman–Crippen MR) is 84.9 cm³/mol. The maximum atomic E-state index is 12.6. The lowest BCUT2D eigenvalue weighted by Gasteiger charge is -2.40. The number of amides is 3. The van der Waals surface area contributed by atoms with Gasteiger partial charge in [-0.15, -0.1) is 0 Å². The zero-order valence-corrected chi connectivity index (χ0v) is 13.7. The standard InChI is InChI=1S/C16H23N5O2/c1-19(2)15(23)21-9-5-16(12-21)4-3-8-20(11-16)14(22)13-10-17-6-7-18-13/h6-7,10H,3-5,8-9,11-12H2,1-2H3/t16-/m1/s1. The predicted octanol–water partition coefficient (Wildman–Crippen LogP) is 1.09. The highest BCUT2D eigenvalue weighted by atomic mass is 16.2. The van der Waals surface area contributed by atoms with E-state index >= 15 is 0 Å². The first kappa shape index (κ1) is 15.7. The molecule has 7 nitrogen and oxygen atoms in total. The molecule has 1 spiro atoms. The fourth-order valence-corrected chi connectivity index (χ4v) is 3.67. The van der Waals surface area contributed by atoms with Crippen LogP contribution in [0, 0.1) is 5.41 Å². The third-order valence-electron chi connectivity index (χ3n) is 4.82. The number of carbonyl (C=O) groups excluding carboxylic acids is 2. The van der Waals surface area contributed by atoms with Gasteiger partial charge in [0.1, 0.15) is 5.69 Å². The highest BCUT2D eigenvalue weighted by Crippen LogP contribution is 2.39. The maximum absolute atomic E-state index is 12.6. The Labute approximate surface area is 136 Å². The largest absolute Gasteiger partial charge is 0.337 e.